The summed E-state index contributed by atoms with van der Waals surface area (Å²) in [5.41, 5.74) is 8.60. The fraction of sp³-hybridized carbons (Fsp3) is 0.455. The first-order chi connectivity index (χ1) is 9.10. The molecule has 0 unspecified atom stereocenters. The number of rotatable bonds is 3. The lowest BCUT2D eigenvalue weighted by Crippen LogP contribution is -2.08. The van der Waals surface area contributed by atoms with Gasteiger partial charge in [-0.25, -0.2) is 4.98 Å². The van der Waals surface area contributed by atoms with Crippen molar-refractivity contribution in [2.24, 2.45) is 7.05 Å². The summed E-state index contributed by atoms with van der Waals surface area (Å²) < 4.78 is 8.73. The maximum Gasteiger partial charge on any atom is 0.246 e. The molecule has 0 atom stereocenters. The van der Waals surface area contributed by atoms with Crippen LogP contribution in [0.25, 0.3) is 11.2 Å². The molecule has 0 aliphatic carbocycles. The average molecular weight is 261 g/mol. The van der Waals surface area contributed by atoms with Gasteiger partial charge < -0.3 is 10.3 Å². The molecule has 3 aromatic heterocycles. The predicted octanol–water partition coefficient (Wildman–Crippen LogP) is 0.654. The molecule has 0 radical (unpaired) electrons. The summed E-state index contributed by atoms with van der Waals surface area (Å²) in [7, 11) is 1.87. The second-order valence-corrected chi connectivity index (χ2v) is 4.39. The van der Waals surface area contributed by atoms with Crippen LogP contribution in [0, 0.1) is 6.92 Å². The summed E-state index contributed by atoms with van der Waals surface area (Å²) >= 11 is 0. The average Bonchev–Trinajstić information content (AvgIpc) is 3.00. The Kier molecular flexibility index (Phi) is 2.51. The first kappa shape index (κ1) is 11.7. The molecule has 0 bridgehead atoms. The van der Waals surface area contributed by atoms with Crippen LogP contribution in [0.1, 0.15) is 24.3 Å². The maximum atomic E-state index is 5.97. The van der Waals surface area contributed by atoms with Crippen LogP contribution < -0.4 is 5.73 Å². The number of fused-ring (bicyclic) bond motifs is 1. The van der Waals surface area contributed by atoms with E-state index >= 15 is 0 Å². The molecule has 0 saturated carbocycles. The summed E-state index contributed by atoms with van der Waals surface area (Å²) in [5, 5.41) is 8.20. The molecule has 3 aromatic rings. The second-order valence-electron chi connectivity index (χ2n) is 4.39. The van der Waals surface area contributed by atoms with E-state index in [1.807, 2.05) is 18.5 Å². The number of imidazole rings is 1. The third-order valence-corrected chi connectivity index (χ3v) is 3.02. The van der Waals surface area contributed by atoms with Gasteiger partial charge in [-0.05, 0) is 13.3 Å². The van der Waals surface area contributed by atoms with Crippen molar-refractivity contribution in [3.63, 3.8) is 0 Å². The van der Waals surface area contributed by atoms with Gasteiger partial charge in [0.15, 0.2) is 11.5 Å². The summed E-state index contributed by atoms with van der Waals surface area (Å²) in [6.07, 6.45) is 0.813. The quantitative estimate of drug-likeness (QED) is 0.743. The maximum absolute atomic E-state index is 5.97. The third-order valence-electron chi connectivity index (χ3n) is 3.02. The van der Waals surface area contributed by atoms with E-state index in [1.54, 1.807) is 11.6 Å². The van der Waals surface area contributed by atoms with E-state index in [1.165, 1.54) is 0 Å². The highest BCUT2D eigenvalue weighted by Gasteiger charge is 2.18. The number of aryl methyl sites for hydroxylation is 3. The van der Waals surface area contributed by atoms with E-state index in [0.717, 1.165) is 23.3 Å². The molecule has 0 fully saturated rings. The zero-order valence-electron chi connectivity index (χ0n) is 11.1. The fourth-order valence-electron chi connectivity index (χ4n) is 2.19. The molecule has 0 aromatic carbocycles. The smallest absolute Gasteiger partial charge is 0.246 e. The number of nitrogens with two attached hydrogens (primary N) is 1. The minimum absolute atomic E-state index is 0.395. The zero-order chi connectivity index (χ0) is 13.6. The van der Waals surface area contributed by atoms with E-state index in [-0.39, 0.29) is 0 Å². The van der Waals surface area contributed by atoms with E-state index in [9.17, 15) is 0 Å². The minimum Gasteiger partial charge on any atom is -0.369 e. The lowest BCUT2D eigenvalue weighted by atomic mass is 10.3. The van der Waals surface area contributed by atoms with Crippen molar-refractivity contribution in [2.45, 2.75) is 26.8 Å². The molecule has 100 valence electrons. The molecule has 3 rings (SSSR count). The highest BCUT2D eigenvalue weighted by atomic mass is 16.5. The van der Waals surface area contributed by atoms with Crippen molar-refractivity contribution in [1.29, 1.82) is 0 Å². The Bertz CT molecular complexity index is 736. The lowest BCUT2D eigenvalue weighted by molar-refractivity contribution is 0.369. The third kappa shape index (κ3) is 1.76. The van der Waals surface area contributed by atoms with Crippen molar-refractivity contribution in [3.8, 4) is 0 Å². The van der Waals surface area contributed by atoms with E-state index < -0.39 is 0 Å². The number of anilines is 1. The lowest BCUT2D eigenvalue weighted by Gasteiger charge is -2.02. The van der Waals surface area contributed by atoms with Crippen LogP contribution in [0.2, 0.25) is 0 Å². The molecule has 0 amide bonds. The summed E-state index contributed by atoms with van der Waals surface area (Å²) in [4.78, 5) is 8.55. The van der Waals surface area contributed by atoms with Crippen LogP contribution in [0.3, 0.4) is 0 Å². The highest BCUT2D eigenvalue weighted by Crippen LogP contribution is 2.22. The minimum atomic E-state index is 0.395. The molecule has 8 nitrogen and oxygen atoms in total. The van der Waals surface area contributed by atoms with Gasteiger partial charge in [0.2, 0.25) is 11.8 Å². The SMILES string of the molecule is CCc1nn(C)c2c1nc(N)n2Cc1nc(C)no1. The molecule has 8 heteroatoms. The Hall–Kier alpha value is -2.38. The van der Waals surface area contributed by atoms with E-state index in [2.05, 4.69) is 20.2 Å². The van der Waals surface area contributed by atoms with Gasteiger partial charge in [-0.3, -0.25) is 9.25 Å². The Balaban J connectivity index is 2.12. The molecule has 0 aliphatic rings. The number of hydrogen-bond acceptors (Lipinski definition) is 6. The van der Waals surface area contributed by atoms with Gasteiger partial charge in [0.05, 0.1) is 5.69 Å². The van der Waals surface area contributed by atoms with Crippen molar-refractivity contribution in [2.75, 3.05) is 5.73 Å². The van der Waals surface area contributed by atoms with Gasteiger partial charge in [-0.2, -0.15) is 10.1 Å². The molecule has 19 heavy (non-hydrogen) atoms. The van der Waals surface area contributed by atoms with Crippen molar-refractivity contribution in [3.05, 3.63) is 17.4 Å². The van der Waals surface area contributed by atoms with Gasteiger partial charge in [-0.15, -0.1) is 0 Å². The van der Waals surface area contributed by atoms with Crippen LogP contribution in [0.5, 0.6) is 0 Å². The van der Waals surface area contributed by atoms with Gasteiger partial charge >= 0.3 is 0 Å². The van der Waals surface area contributed by atoms with Crippen LogP contribution >= 0.6 is 0 Å². The van der Waals surface area contributed by atoms with E-state index in [0.29, 0.717) is 24.2 Å². The Labute approximate surface area is 109 Å². The first-order valence-electron chi connectivity index (χ1n) is 6.07. The largest absolute Gasteiger partial charge is 0.369 e. The van der Waals surface area contributed by atoms with Crippen LogP contribution in [-0.4, -0.2) is 29.5 Å². The molecule has 2 N–H and O–H groups in total. The topological polar surface area (TPSA) is 101 Å². The Morgan fingerprint density at radius 3 is 2.74 bits per heavy atom. The Morgan fingerprint density at radius 2 is 2.11 bits per heavy atom. The van der Waals surface area contributed by atoms with E-state index in [4.69, 9.17) is 10.3 Å². The molecule has 0 spiro atoms. The predicted molar refractivity (Wildman–Crippen MR) is 68.4 cm³/mol. The number of nitrogen functional groups attached to an aromatic ring is 1. The molecule has 0 saturated heterocycles. The summed E-state index contributed by atoms with van der Waals surface area (Å²) in [5.74, 6) is 1.53. The number of hydrogen-bond donors (Lipinski definition) is 1. The summed E-state index contributed by atoms with van der Waals surface area (Å²) in [6, 6.07) is 0. The molecular weight excluding hydrogens is 246 g/mol. The molecule has 3 heterocycles. The van der Waals surface area contributed by atoms with Gasteiger partial charge in [0.1, 0.15) is 12.1 Å². The van der Waals surface area contributed by atoms with Gasteiger partial charge in [-0.1, -0.05) is 12.1 Å². The van der Waals surface area contributed by atoms with Crippen molar-refractivity contribution >= 4 is 17.1 Å². The zero-order valence-corrected chi connectivity index (χ0v) is 11.1. The monoisotopic (exact) mass is 261 g/mol. The normalized spacial score (nSPS) is 11.5. The van der Waals surface area contributed by atoms with Gasteiger partial charge in [0.25, 0.3) is 0 Å². The Morgan fingerprint density at radius 1 is 1.32 bits per heavy atom. The van der Waals surface area contributed by atoms with Gasteiger partial charge in [0, 0.05) is 7.05 Å². The highest BCUT2D eigenvalue weighted by molar-refractivity contribution is 5.77. The fourth-order valence-corrected chi connectivity index (χ4v) is 2.19. The van der Waals surface area contributed by atoms with Crippen LogP contribution in [0.15, 0.2) is 4.52 Å². The van der Waals surface area contributed by atoms with Crippen LogP contribution in [-0.2, 0) is 20.0 Å². The van der Waals surface area contributed by atoms with Crippen molar-refractivity contribution in [1.82, 2.24) is 29.5 Å². The molecule has 0 aliphatic heterocycles. The van der Waals surface area contributed by atoms with Crippen LogP contribution in [0.4, 0.5) is 5.95 Å². The first-order valence-corrected chi connectivity index (χ1v) is 6.07. The second kappa shape index (κ2) is 4.08. The molecular formula is C11H15N7O. The standard InChI is InChI=1S/C11H15N7O/c1-4-7-9-10(17(3)15-7)18(11(12)14-9)5-8-13-6(2)16-19-8/h4-5H2,1-3H3,(H2,12,14). The number of aromatic nitrogens is 6. The summed E-state index contributed by atoms with van der Waals surface area (Å²) in [6.45, 7) is 4.21. The van der Waals surface area contributed by atoms with Crippen molar-refractivity contribution < 1.29 is 4.52 Å². The number of nitrogens with zero attached hydrogens (tertiary/aromatic N) is 6.